The molecule has 0 spiro atoms. The van der Waals surface area contributed by atoms with Crippen LogP contribution in [0.25, 0.3) is 0 Å². The van der Waals surface area contributed by atoms with Crippen LogP contribution in [-0.4, -0.2) is 37.2 Å². The van der Waals surface area contributed by atoms with Crippen molar-refractivity contribution in [2.75, 3.05) is 12.8 Å². The number of hydrogen-bond acceptors (Lipinski definition) is 8. The quantitative estimate of drug-likeness (QED) is 0.733. The van der Waals surface area contributed by atoms with Crippen molar-refractivity contribution in [3.05, 3.63) is 6.33 Å². The summed E-state index contributed by atoms with van der Waals surface area (Å²) in [5.41, 5.74) is 5.46. The standard InChI is InChI=1S/C6H7N7OS/c1-14-4-10-3(7)11-6(12-4)15-5-8-2-9-13-5/h2H,1H3,(H,8,9,13)(H2,7,10,11,12). The largest absolute Gasteiger partial charge is 0.467 e. The fourth-order valence-corrected chi connectivity index (χ4v) is 1.45. The summed E-state index contributed by atoms with van der Waals surface area (Å²) in [4.78, 5) is 15.6. The molecule has 9 heteroatoms. The second kappa shape index (κ2) is 4.09. The van der Waals surface area contributed by atoms with Gasteiger partial charge in [-0.3, -0.25) is 5.10 Å². The summed E-state index contributed by atoms with van der Waals surface area (Å²) in [6, 6.07) is 0.171. The molecule has 78 valence electrons. The Morgan fingerprint density at radius 3 is 2.93 bits per heavy atom. The van der Waals surface area contributed by atoms with E-state index in [2.05, 4.69) is 30.1 Å². The van der Waals surface area contributed by atoms with Crippen LogP contribution >= 0.6 is 11.8 Å². The Morgan fingerprint density at radius 1 is 1.40 bits per heavy atom. The van der Waals surface area contributed by atoms with Gasteiger partial charge in [0.25, 0.3) is 0 Å². The number of nitrogens with zero attached hydrogens (tertiary/aromatic N) is 5. The van der Waals surface area contributed by atoms with Gasteiger partial charge in [-0.2, -0.15) is 20.1 Å². The molecule has 2 aromatic rings. The highest BCUT2D eigenvalue weighted by molar-refractivity contribution is 7.99. The fourth-order valence-electron chi connectivity index (χ4n) is 0.820. The number of ether oxygens (including phenoxy) is 1. The summed E-state index contributed by atoms with van der Waals surface area (Å²) in [5.74, 6) is 0.101. The summed E-state index contributed by atoms with van der Waals surface area (Å²) < 4.78 is 4.85. The topological polar surface area (TPSA) is 115 Å². The van der Waals surface area contributed by atoms with Gasteiger partial charge in [0.15, 0.2) is 5.16 Å². The first kappa shape index (κ1) is 9.65. The third-order valence-corrected chi connectivity index (χ3v) is 2.13. The second-order valence-corrected chi connectivity index (χ2v) is 3.31. The van der Waals surface area contributed by atoms with Gasteiger partial charge in [0, 0.05) is 0 Å². The van der Waals surface area contributed by atoms with Crippen molar-refractivity contribution in [3.8, 4) is 6.01 Å². The minimum atomic E-state index is 0.101. The smallest absolute Gasteiger partial charge is 0.321 e. The van der Waals surface area contributed by atoms with Gasteiger partial charge in [-0.15, -0.1) is 0 Å². The summed E-state index contributed by atoms with van der Waals surface area (Å²) in [6.07, 6.45) is 1.39. The van der Waals surface area contributed by atoms with Crippen LogP contribution in [0.15, 0.2) is 16.6 Å². The Kier molecular flexibility index (Phi) is 2.63. The molecule has 0 unspecified atom stereocenters. The molecule has 0 saturated heterocycles. The van der Waals surface area contributed by atoms with Crippen molar-refractivity contribution in [1.82, 2.24) is 30.1 Å². The van der Waals surface area contributed by atoms with E-state index < -0.39 is 0 Å². The van der Waals surface area contributed by atoms with Crippen LogP contribution in [0, 0.1) is 0 Å². The first-order valence-electron chi connectivity index (χ1n) is 3.86. The minimum Gasteiger partial charge on any atom is -0.467 e. The van der Waals surface area contributed by atoms with Crippen LogP contribution in [0.5, 0.6) is 6.01 Å². The van der Waals surface area contributed by atoms with Crippen molar-refractivity contribution in [2.45, 2.75) is 10.3 Å². The maximum Gasteiger partial charge on any atom is 0.321 e. The van der Waals surface area contributed by atoms with Crippen LogP contribution in [0.1, 0.15) is 0 Å². The number of methoxy groups -OCH3 is 1. The van der Waals surface area contributed by atoms with Crippen LogP contribution in [0.3, 0.4) is 0 Å². The number of nitrogens with two attached hydrogens (primary N) is 1. The third-order valence-electron chi connectivity index (χ3n) is 1.38. The molecular formula is C6H7N7OS. The fraction of sp³-hybridized carbons (Fsp3) is 0.167. The lowest BCUT2D eigenvalue weighted by Crippen LogP contribution is -2.01. The molecule has 0 amide bonds. The first-order valence-corrected chi connectivity index (χ1v) is 4.68. The minimum absolute atomic E-state index is 0.101. The molecular weight excluding hydrogens is 218 g/mol. The van der Waals surface area contributed by atoms with Gasteiger partial charge in [0.2, 0.25) is 11.1 Å². The third kappa shape index (κ3) is 2.31. The number of aromatic nitrogens is 6. The highest BCUT2D eigenvalue weighted by Crippen LogP contribution is 2.21. The first-order chi connectivity index (χ1) is 7.28. The zero-order chi connectivity index (χ0) is 10.7. The summed E-state index contributed by atoms with van der Waals surface area (Å²) in [5, 5.41) is 7.33. The van der Waals surface area contributed by atoms with E-state index in [0.717, 1.165) is 0 Å². The van der Waals surface area contributed by atoms with E-state index in [1.54, 1.807) is 0 Å². The highest BCUT2D eigenvalue weighted by Gasteiger charge is 2.07. The Hall–Kier alpha value is -1.90. The zero-order valence-electron chi connectivity index (χ0n) is 7.71. The van der Waals surface area contributed by atoms with E-state index >= 15 is 0 Å². The van der Waals surface area contributed by atoms with Crippen molar-refractivity contribution < 1.29 is 4.74 Å². The molecule has 15 heavy (non-hydrogen) atoms. The molecule has 0 saturated carbocycles. The Balaban J connectivity index is 2.24. The predicted octanol–water partition coefficient (Wildman–Crippen LogP) is -0.268. The number of H-pyrrole nitrogens is 1. The van der Waals surface area contributed by atoms with E-state index in [0.29, 0.717) is 10.3 Å². The van der Waals surface area contributed by atoms with Gasteiger partial charge in [0.1, 0.15) is 6.33 Å². The van der Waals surface area contributed by atoms with Gasteiger partial charge in [-0.05, 0) is 11.8 Å². The van der Waals surface area contributed by atoms with Crippen molar-refractivity contribution in [3.63, 3.8) is 0 Å². The molecule has 2 heterocycles. The summed E-state index contributed by atoms with van der Waals surface area (Å²) in [7, 11) is 1.46. The van der Waals surface area contributed by atoms with Gasteiger partial charge in [-0.1, -0.05) is 0 Å². The van der Waals surface area contributed by atoms with Gasteiger partial charge in [-0.25, -0.2) is 4.98 Å². The van der Waals surface area contributed by atoms with E-state index in [9.17, 15) is 0 Å². The van der Waals surface area contributed by atoms with E-state index in [1.165, 1.54) is 25.2 Å². The molecule has 0 atom stereocenters. The van der Waals surface area contributed by atoms with Gasteiger partial charge >= 0.3 is 6.01 Å². The number of anilines is 1. The lowest BCUT2D eigenvalue weighted by Gasteiger charge is -2.00. The molecule has 8 nitrogen and oxygen atoms in total. The number of nitrogen functional groups attached to an aromatic ring is 1. The molecule has 0 aliphatic heterocycles. The van der Waals surface area contributed by atoms with Gasteiger partial charge < -0.3 is 10.5 Å². The maximum atomic E-state index is 5.46. The van der Waals surface area contributed by atoms with E-state index in [-0.39, 0.29) is 12.0 Å². The molecule has 0 aromatic carbocycles. The number of rotatable bonds is 3. The molecule has 0 bridgehead atoms. The van der Waals surface area contributed by atoms with Crippen molar-refractivity contribution in [2.24, 2.45) is 0 Å². The number of aromatic amines is 1. The zero-order valence-corrected chi connectivity index (χ0v) is 8.52. The summed E-state index contributed by atoms with van der Waals surface area (Å²) in [6.45, 7) is 0. The Morgan fingerprint density at radius 2 is 2.27 bits per heavy atom. The lowest BCUT2D eigenvalue weighted by atomic mass is 10.9. The molecule has 0 aliphatic carbocycles. The molecule has 3 N–H and O–H groups in total. The van der Waals surface area contributed by atoms with Crippen LogP contribution in [0.4, 0.5) is 5.95 Å². The molecule has 0 fully saturated rings. The van der Waals surface area contributed by atoms with E-state index in [1.807, 2.05) is 0 Å². The lowest BCUT2D eigenvalue weighted by molar-refractivity contribution is 0.374. The Labute approximate surface area is 88.7 Å². The van der Waals surface area contributed by atoms with E-state index in [4.69, 9.17) is 10.5 Å². The van der Waals surface area contributed by atoms with Crippen molar-refractivity contribution >= 4 is 17.7 Å². The molecule has 0 radical (unpaired) electrons. The predicted molar refractivity (Wildman–Crippen MR) is 51.3 cm³/mol. The van der Waals surface area contributed by atoms with Crippen LogP contribution in [0.2, 0.25) is 0 Å². The Bertz CT molecular complexity index is 445. The van der Waals surface area contributed by atoms with Crippen LogP contribution < -0.4 is 10.5 Å². The van der Waals surface area contributed by atoms with Crippen molar-refractivity contribution in [1.29, 1.82) is 0 Å². The average molecular weight is 225 g/mol. The number of hydrogen-bond donors (Lipinski definition) is 2. The highest BCUT2D eigenvalue weighted by atomic mass is 32.2. The van der Waals surface area contributed by atoms with Gasteiger partial charge in [0.05, 0.1) is 7.11 Å². The monoisotopic (exact) mass is 225 g/mol. The SMILES string of the molecule is COc1nc(N)nc(Sc2ncn[nH]2)n1. The normalized spacial score (nSPS) is 10.2. The summed E-state index contributed by atoms with van der Waals surface area (Å²) >= 11 is 1.19. The maximum absolute atomic E-state index is 5.46. The second-order valence-electron chi connectivity index (χ2n) is 2.36. The van der Waals surface area contributed by atoms with Crippen LogP contribution in [-0.2, 0) is 0 Å². The number of nitrogens with one attached hydrogen (secondary N) is 1. The molecule has 2 rings (SSSR count). The molecule has 0 aliphatic rings. The molecule has 2 aromatic heterocycles. The average Bonchev–Trinajstić information content (AvgIpc) is 2.69.